The highest BCUT2D eigenvalue weighted by Crippen LogP contribution is 2.15. The van der Waals surface area contributed by atoms with E-state index in [9.17, 15) is 14.4 Å². The van der Waals surface area contributed by atoms with Gasteiger partial charge in [0.2, 0.25) is 17.7 Å². The molecule has 0 aromatic rings. The minimum atomic E-state index is -0.635. The standard InChI is InChI=1S/C10H15N3O3S/c1-5(2)8(9(11)17)10(16)13-3-6(14)12-7(15)4-13/h5,8H,3-4H2,1-2H3,(H2,11,17)(H,12,14,15). The second-order valence-electron chi connectivity index (χ2n) is 4.29. The molecule has 1 saturated heterocycles. The SMILES string of the molecule is CC(C)C(C(=O)N1CC(=O)NC(=O)C1)C(N)=S. The van der Waals surface area contributed by atoms with Crippen LogP contribution in [0.5, 0.6) is 0 Å². The lowest BCUT2D eigenvalue weighted by molar-refractivity contribution is -0.147. The summed E-state index contributed by atoms with van der Waals surface area (Å²) in [6.07, 6.45) is 0. The van der Waals surface area contributed by atoms with E-state index >= 15 is 0 Å². The minimum Gasteiger partial charge on any atom is -0.393 e. The molecule has 0 saturated carbocycles. The van der Waals surface area contributed by atoms with E-state index in [2.05, 4.69) is 5.32 Å². The molecule has 1 unspecified atom stereocenters. The summed E-state index contributed by atoms with van der Waals surface area (Å²) in [6, 6.07) is 0. The molecular weight excluding hydrogens is 242 g/mol. The highest BCUT2D eigenvalue weighted by atomic mass is 32.1. The number of carbonyl (C=O) groups is 3. The number of hydrogen-bond donors (Lipinski definition) is 2. The van der Waals surface area contributed by atoms with Gasteiger partial charge < -0.3 is 10.6 Å². The molecule has 17 heavy (non-hydrogen) atoms. The molecule has 3 amide bonds. The van der Waals surface area contributed by atoms with E-state index in [0.29, 0.717) is 0 Å². The Balaban J connectivity index is 2.84. The van der Waals surface area contributed by atoms with Gasteiger partial charge in [-0.3, -0.25) is 19.7 Å². The van der Waals surface area contributed by atoms with E-state index in [0.717, 1.165) is 0 Å². The third kappa shape index (κ3) is 3.23. The third-order valence-corrected chi connectivity index (χ3v) is 2.75. The van der Waals surface area contributed by atoms with Gasteiger partial charge in [-0.25, -0.2) is 0 Å². The van der Waals surface area contributed by atoms with Crippen LogP contribution in [0.1, 0.15) is 13.8 Å². The number of nitrogens with two attached hydrogens (primary N) is 1. The molecule has 1 heterocycles. The molecule has 1 fully saturated rings. The number of thiocarbonyl (C=S) groups is 1. The average Bonchev–Trinajstić information content (AvgIpc) is 2.14. The van der Waals surface area contributed by atoms with Crippen molar-refractivity contribution in [2.24, 2.45) is 17.6 Å². The van der Waals surface area contributed by atoms with Crippen molar-refractivity contribution in [3.8, 4) is 0 Å². The van der Waals surface area contributed by atoms with Crippen molar-refractivity contribution in [1.82, 2.24) is 10.2 Å². The molecule has 0 aromatic carbocycles. The van der Waals surface area contributed by atoms with E-state index in [4.69, 9.17) is 18.0 Å². The Morgan fingerprint density at radius 2 is 1.82 bits per heavy atom. The highest BCUT2D eigenvalue weighted by Gasteiger charge is 2.33. The predicted octanol–water partition coefficient (Wildman–Crippen LogP) is -0.970. The number of imide groups is 1. The van der Waals surface area contributed by atoms with Crippen LogP contribution < -0.4 is 11.1 Å². The van der Waals surface area contributed by atoms with Gasteiger partial charge in [-0.15, -0.1) is 0 Å². The number of hydrogen-bond acceptors (Lipinski definition) is 4. The molecular formula is C10H15N3O3S. The summed E-state index contributed by atoms with van der Waals surface area (Å²) < 4.78 is 0. The molecule has 6 nitrogen and oxygen atoms in total. The predicted molar refractivity (Wildman–Crippen MR) is 64.8 cm³/mol. The van der Waals surface area contributed by atoms with E-state index in [1.807, 2.05) is 13.8 Å². The molecule has 0 aliphatic carbocycles. The van der Waals surface area contributed by atoms with E-state index < -0.39 is 17.7 Å². The second-order valence-corrected chi connectivity index (χ2v) is 4.76. The lowest BCUT2D eigenvalue weighted by atomic mass is 9.94. The van der Waals surface area contributed by atoms with Crippen molar-refractivity contribution in [3.05, 3.63) is 0 Å². The van der Waals surface area contributed by atoms with Crippen LogP contribution in [-0.4, -0.2) is 40.7 Å². The Hall–Kier alpha value is -1.50. The van der Waals surface area contributed by atoms with Crippen LogP contribution in [-0.2, 0) is 14.4 Å². The second kappa shape index (κ2) is 5.22. The molecule has 0 spiro atoms. The van der Waals surface area contributed by atoms with E-state index in [1.165, 1.54) is 4.90 Å². The highest BCUT2D eigenvalue weighted by molar-refractivity contribution is 7.80. The molecule has 1 rings (SSSR count). The molecule has 1 atom stereocenters. The third-order valence-electron chi connectivity index (χ3n) is 2.50. The molecule has 0 bridgehead atoms. The van der Waals surface area contributed by atoms with Crippen molar-refractivity contribution < 1.29 is 14.4 Å². The van der Waals surface area contributed by atoms with Crippen molar-refractivity contribution in [2.45, 2.75) is 13.8 Å². The van der Waals surface area contributed by atoms with Gasteiger partial charge >= 0.3 is 0 Å². The maximum atomic E-state index is 12.1. The summed E-state index contributed by atoms with van der Waals surface area (Å²) >= 11 is 4.84. The van der Waals surface area contributed by atoms with Gasteiger partial charge in [-0.05, 0) is 5.92 Å². The number of piperazine rings is 1. The fraction of sp³-hybridized carbons (Fsp3) is 0.600. The summed E-state index contributed by atoms with van der Waals surface area (Å²) in [5.41, 5.74) is 5.51. The van der Waals surface area contributed by atoms with Gasteiger partial charge in [0.1, 0.15) is 13.1 Å². The summed E-state index contributed by atoms with van der Waals surface area (Å²) in [6.45, 7) is 3.37. The van der Waals surface area contributed by atoms with E-state index in [-0.39, 0.29) is 29.9 Å². The first-order valence-corrected chi connectivity index (χ1v) is 5.64. The van der Waals surface area contributed by atoms with Crippen LogP contribution in [0.4, 0.5) is 0 Å². The largest absolute Gasteiger partial charge is 0.393 e. The monoisotopic (exact) mass is 257 g/mol. The van der Waals surface area contributed by atoms with Crippen LogP contribution in [0.3, 0.4) is 0 Å². The number of amides is 3. The summed E-state index contributed by atoms with van der Waals surface area (Å²) in [5, 5.41) is 2.13. The maximum Gasteiger partial charge on any atom is 0.246 e. The van der Waals surface area contributed by atoms with Crippen LogP contribution in [0.2, 0.25) is 0 Å². The van der Waals surface area contributed by atoms with Gasteiger partial charge in [0.05, 0.1) is 10.9 Å². The Labute approximate surface area is 105 Å². The van der Waals surface area contributed by atoms with Gasteiger partial charge in [0.25, 0.3) is 0 Å². The Morgan fingerprint density at radius 3 is 2.18 bits per heavy atom. The van der Waals surface area contributed by atoms with Gasteiger partial charge in [0.15, 0.2) is 0 Å². The summed E-state index contributed by atoms with van der Waals surface area (Å²) in [4.78, 5) is 35.7. The number of carbonyl (C=O) groups excluding carboxylic acids is 3. The molecule has 1 aliphatic rings. The first-order chi connectivity index (χ1) is 7.82. The van der Waals surface area contributed by atoms with Crippen molar-refractivity contribution in [3.63, 3.8) is 0 Å². The van der Waals surface area contributed by atoms with Gasteiger partial charge in [-0.2, -0.15) is 0 Å². The molecule has 7 heteroatoms. The van der Waals surface area contributed by atoms with Crippen molar-refractivity contribution in [1.29, 1.82) is 0 Å². The number of nitrogens with one attached hydrogen (secondary N) is 1. The van der Waals surface area contributed by atoms with Crippen LogP contribution >= 0.6 is 12.2 Å². The van der Waals surface area contributed by atoms with E-state index in [1.54, 1.807) is 0 Å². The topological polar surface area (TPSA) is 92.5 Å². The lowest BCUT2D eigenvalue weighted by Crippen LogP contribution is -2.56. The molecule has 1 aliphatic heterocycles. The Morgan fingerprint density at radius 1 is 1.35 bits per heavy atom. The fourth-order valence-electron chi connectivity index (χ4n) is 1.73. The molecule has 0 aromatic heterocycles. The lowest BCUT2D eigenvalue weighted by Gasteiger charge is -2.30. The van der Waals surface area contributed by atoms with Crippen LogP contribution in [0, 0.1) is 11.8 Å². The Bertz CT molecular complexity index is 365. The van der Waals surface area contributed by atoms with Crippen LogP contribution in [0.15, 0.2) is 0 Å². The van der Waals surface area contributed by atoms with Gasteiger partial charge in [-0.1, -0.05) is 26.1 Å². The smallest absolute Gasteiger partial charge is 0.246 e. The molecule has 3 N–H and O–H groups in total. The molecule has 94 valence electrons. The molecule has 0 radical (unpaired) electrons. The zero-order valence-electron chi connectivity index (χ0n) is 9.73. The van der Waals surface area contributed by atoms with Crippen molar-refractivity contribution in [2.75, 3.05) is 13.1 Å². The normalized spacial score (nSPS) is 17.9. The minimum absolute atomic E-state index is 0.0694. The maximum absolute atomic E-state index is 12.1. The Kier molecular flexibility index (Phi) is 4.17. The average molecular weight is 257 g/mol. The van der Waals surface area contributed by atoms with Gasteiger partial charge in [0, 0.05) is 0 Å². The number of nitrogens with zero attached hydrogens (tertiary/aromatic N) is 1. The summed E-state index contributed by atoms with van der Waals surface area (Å²) in [7, 11) is 0. The zero-order valence-corrected chi connectivity index (χ0v) is 10.5. The summed E-state index contributed by atoms with van der Waals surface area (Å²) in [5.74, 6) is -2.04. The number of rotatable bonds is 3. The van der Waals surface area contributed by atoms with Crippen molar-refractivity contribution >= 4 is 34.9 Å². The van der Waals surface area contributed by atoms with Crippen LogP contribution in [0.25, 0.3) is 0 Å². The zero-order chi connectivity index (χ0) is 13.2. The fourth-order valence-corrected chi connectivity index (χ4v) is 2.10. The first kappa shape index (κ1) is 13.6. The quantitative estimate of drug-likeness (QED) is 0.501. The first-order valence-electron chi connectivity index (χ1n) is 5.23.